The molecule has 6 heteroatoms. The highest BCUT2D eigenvalue weighted by molar-refractivity contribution is 7.88. The minimum Gasteiger partial charge on any atom is -0.376 e. The van der Waals surface area contributed by atoms with Gasteiger partial charge in [-0.05, 0) is 48.9 Å². The van der Waals surface area contributed by atoms with Crippen molar-refractivity contribution in [2.75, 3.05) is 19.7 Å². The number of hydrogen-bond acceptors (Lipinski definition) is 4. The van der Waals surface area contributed by atoms with Crippen molar-refractivity contribution < 1.29 is 13.2 Å². The third-order valence-corrected chi connectivity index (χ3v) is 6.95. The van der Waals surface area contributed by atoms with Crippen molar-refractivity contribution in [3.8, 4) is 6.07 Å². The Morgan fingerprint density at radius 1 is 1.11 bits per heavy atom. The first-order chi connectivity index (χ1) is 13.5. The van der Waals surface area contributed by atoms with E-state index >= 15 is 0 Å². The summed E-state index contributed by atoms with van der Waals surface area (Å²) in [5.74, 6) is 0.443. The van der Waals surface area contributed by atoms with E-state index in [0.717, 1.165) is 29.5 Å². The molecular weight excluding hydrogens is 372 g/mol. The summed E-state index contributed by atoms with van der Waals surface area (Å²) >= 11 is 0. The van der Waals surface area contributed by atoms with Gasteiger partial charge in [-0.3, -0.25) is 0 Å². The van der Waals surface area contributed by atoms with E-state index in [0.29, 0.717) is 37.8 Å². The lowest BCUT2D eigenvalue weighted by atomic mass is 9.99. The van der Waals surface area contributed by atoms with Crippen molar-refractivity contribution in [2.24, 2.45) is 5.92 Å². The molecule has 0 spiro atoms. The molecule has 28 heavy (non-hydrogen) atoms. The number of aryl methyl sites for hydroxylation is 1. The molecule has 1 fully saturated rings. The van der Waals surface area contributed by atoms with Crippen LogP contribution in [0.1, 0.15) is 35.1 Å². The predicted octanol–water partition coefficient (Wildman–Crippen LogP) is 3.63. The van der Waals surface area contributed by atoms with E-state index in [4.69, 9.17) is 10.00 Å². The van der Waals surface area contributed by atoms with Gasteiger partial charge in [0.05, 0.1) is 24.0 Å². The second-order valence-electron chi connectivity index (χ2n) is 7.41. The van der Waals surface area contributed by atoms with Crippen molar-refractivity contribution in [1.29, 1.82) is 5.26 Å². The topological polar surface area (TPSA) is 70.4 Å². The number of sulfonamides is 1. The van der Waals surface area contributed by atoms with E-state index in [2.05, 4.69) is 6.07 Å². The number of piperidine rings is 1. The number of benzene rings is 2. The van der Waals surface area contributed by atoms with E-state index in [-0.39, 0.29) is 5.75 Å². The lowest BCUT2D eigenvalue weighted by Crippen LogP contribution is -2.40. The maximum Gasteiger partial charge on any atom is 0.218 e. The standard InChI is InChI=1S/C22H26N2O3S/c1-18-3-2-4-22(13-18)17-28(25,26)24-11-9-21(10-12-24)16-27-15-20-7-5-19(14-23)6-8-20/h2-8,13,21H,9-12,15-17H2,1H3. The molecule has 2 aromatic carbocycles. The van der Waals surface area contributed by atoms with Gasteiger partial charge in [0, 0.05) is 19.7 Å². The number of nitriles is 1. The molecule has 1 heterocycles. The van der Waals surface area contributed by atoms with Crippen LogP contribution in [0.3, 0.4) is 0 Å². The van der Waals surface area contributed by atoms with Gasteiger partial charge in [-0.2, -0.15) is 5.26 Å². The van der Waals surface area contributed by atoms with Gasteiger partial charge < -0.3 is 4.74 Å². The van der Waals surface area contributed by atoms with E-state index in [1.807, 2.05) is 43.3 Å². The minimum atomic E-state index is -3.28. The second-order valence-corrected chi connectivity index (χ2v) is 9.38. The number of hydrogen-bond donors (Lipinski definition) is 0. The average molecular weight is 399 g/mol. The van der Waals surface area contributed by atoms with E-state index in [1.165, 1.54) is 0 Å². The first-order valence-electron chi connectivity index (χ1n) is 9.56. The molecule has 0 aliphatic carbocycles. The summed E-state index contributed by atoms with van der Waals surface area (Å²) in [6.45, 7) is 4.22. The van der Waals surface area contributed by atoms with Crippen LogP contribution in [0.25, 0.3) is 0 Å². The van der Waals surface area contributed by atoms with Crippen LogP contribution < -0.4 is 0 Å². The Morgan fingerprint density at radius 2 is 1.82 bits per heavy atom. The summed E-state index contributed by atoms with van der Waals surface area (Å²) in [6.07, 6.45) is 1.64. The maximum absolute atomic E-state index is 12.7. The van der Waals surface area contributed by atoms with Crippen molar-refractivity contribution in [1.82, 2.24) is 4.31 Å². The molecule has 0 N–H and O–H groups in total. The largest absolute Gasteiger partial charge is 0.376 e. The molecule has 0 atom stereocenters. The summed E-state index contributed by atoms with van der Waals surface area (Å²) in [5, 5.41) is 8.82. The quantitative estimate of drug-likeness (QED) is 0.714. The van der Waals surface area contributed by atoms with E-state index < -0.39 is 10.0 Å². The maximum atomic E-state index is 12.7. The molecule has 0 saturated carbocycles. The average Bonchev–Trinajstić information content (AvgIpc) is 2.69. The van der Waals surface area contributed by atoms with Gasteiger partial charge >= 0.3 is 0 Å². The van der Waals surface area contributed by atoms with Crippen LogP contribution in [0.4, 0.5) is 0 Å². The number of nitrogens with zero attached hydrogens (tertiary/aromatic N) is 2. The van der Waals surface area contributed by atoms with Gasteiger partial charge in [-0.15, -0.1) is 0 Å². The van der Waals surface area contributed by atoms with Crippen molar-refractivity contribution in [3.63, 3.8) is 0 Å². The molecule has 5 nitrogen and oxygen atoms in total. The molecular formula is C22H26N2O3S. The van der Waals surface area contributed by atoms with Gasteiger partial charge in [-0.25, -0.2) is 12.7 Å². The summed E-state index contributed by atoms with van der Waals surface area (Å²) in [7, 11) is -3.28. The Kier molecular flexibility index (Phi) is 6.84. The highest BCUT2D eigenvalue weighted by Gasteiger charge is 2.28. The fraction of sp³-hybridized carbons (Fsp3) is 0.409. The van der Waals surface area contributed by atoms with Gasteiger partial charge in [0.2, 0.25) is 10.0 Å². The molecule has 1 aliphatic rings. The van der Waals surface area contributed by atoms with Crippen LogP contribution in [0.15, 0.2) is 48.5 Å². The first-order valence-corrected chi connectivity index (χ1v) is 11.2. The second kappa shape index (κ2) is 9.33. The van der Waals surface area contributed by atoms with Crippen LogP contribution in [0.2, 0.25) is 0 Å². The Morgan fingerprint density at radius 3 is 2.46 bits per heavy atom. The number of rotatable bonds is 7. The lowest BCUT2D eigenvalue weighted by molar-refractivity contribution is 0.0687. The van der Waals surface area contributed by atoms with Crippen LogP contribution in [0, 0.1) is 24.2 Å². The Balaban J connectivity index is 1.44. The smallest absolute Gasteiger partial charge is 0.218 e. The molecule has 2 aromatic rings. The fourth-order valence-corrected chi connectivity index (χ4v) is 5.03. The van der Waals surface area contributed by atoms with Gasteiger partial charge in [0.15, 0.2) is 0 Å². The van der Waals surface area contributed by atoms with Gasteiger partial charge in [0.25, 0.3) is 0 Å². The van der Waals surface area contributed by atoms with Crippen LogP contribution in [-0.2, 0) is 27.1 Å². The Labute approximate surface area is 167 Å². The highest BCUT2D eigenvalue weighted by atomic mass is 32.2. The highest BCUT2D eigenvalue weighted by Crippen LogP contribution is 2.22. The van der Waals surface area contributed by atoms with Crippen LogP contribution >= 0.6 is 0 Å². The summed E-state index contributed by atoms with van der Waals surface area (Å²) in [5.41, 5.74) is 3.60. The first kappa shape index (κ1) is 20.5. The molecule has 0 amide bonds. The molecule has 0 aromatic heterocycles. The van der Waals surface area contributed by atoms with Gasteiger partial charge in [-0.1, -0.05) is 42.0 Å². The van der Waals surface area contributed by atoms with Crippen LogP contribution in [-0.4, -0.2) is 32.4 Å². The molecule has 148 valence electrons. The molecule has 0 bridgehead atoms. The lowest BCUT2D eigenvalue weighted by Gasteiger charge is -2.31. The fourth-order valence-electron chi connectivity index (χ4n) is 3.48. The molecule has 0 unspecified atom stereocenters. The summed E-state index contributed by atoms with van der Waals surface area (Å²) in [6, 6.07) is 17.2. The third-order valence-electron chi connectivity index (χ3n) is 5.10. The van der Waals surface area contributed by atoms with Crippen molar-refractivity contribution >= 4 is 10.0 Å². The molecule has 1 saturated heterocycles. The molecule has 1 aliphatic heterocycles. The van der Waals surface area contributed by atoms with E-state index in [1.54, 1.807) is 16.4 Å². The van der Waals surface area contributed by atoms with Crippen molar-refractivity contribution in [3.05, 3.63) is 70.8 Å². The van der Waals surface area contributed by atoms with E-state index in [9.17, 15) is 8.42 Å². The zero-order chi connectivity index (χ0) is 20.0. The zero-order valence-corrected chi connectivity index (χ0v) is 17.0. The minimum absolute atomic E-state index is 0.0640. The Bertz CT molecular complexity index is 925. The SMILES string of the molecule is Cc1cccc(CS(=O)(=O)N2CCC(COCc3ccc(C#N)cc3)CC2)c1. The monoisotopic (exact) mass is 398 g/mol. The predicted molar refractivity (Wildman–Crippen MR) is 109 cm³/mol. The van der Waals surface area contributed by atoms with Crippen LogP contribution in [0.5, 0.6) is 0 Å². The van der Waals surface area contributed by atoms with Gasteiger partial charge in [0.1, 0.15) is 0 Å². The van der Waals surface area contributed by atoms with Crippen molar-refractivity contribution in [2.45, 2.75) is 32.1 Å². The molecule has 0 radical (unpaired) electrons. The third kappa shape index (κ3) is 5.65. The number of ether oxygens (including phenoxy) is 1. The normalized spacial score (nSPS) is 16.0. The summed E-state index contributed by atoms with van der Waals surface area (Å²) in [4.78, 5) is 0. The Hall–Kier alpha value is -2.20. The molecule has 3 rings (SSSR count). The zero-order valence-electron chi connectivity index (χ0n) is 16.2. The summed E-state index contributed by atoms with van der Waals surface area (Å²) < 4.78 is 32.8.